The Kier molecular flexibility index (Phi) is 6.15. The highest BCUT2D eigenvalue weighted by Gasteiger charge is 2.39. The molecule has 8 nitrogen and oxygen atoms in total. The molecule has 0 amide bonds. The summed E-state index contributed by atoms with van der Waals surface area (Å²) < 4.78 is 4.80. The van der Waals surface area contributed by atoms with E-state index < -0.39 is 0 Å². The number of allylic oxidation sites excluding steroid dienone is 1. The van der Waals surface area contributed by atoms with Gasteiger partial charge in [-0.15, -0.1) is 0 Å². The van der Waals surface area contributed by atoms with E-state index in [1.807, 2.05) is 12.5 Å². The zero-order chi connectivity index (χ0) is 37.5. The Labute approximate surface area is 323 Å². The molecule has 4 aliphatic rings. The van der Waals surface area contributed by atoms with Crippen molar-refractivity contribution in [3.8, 4) is 5.69 Å². The zero-order valence-electron chi connectivity index (χ0n) is 31.6. The van der Waals surface area contributed by atoms with E-state index in [-0.39, 0.29) is 16.9 Å². The fourth-order valence-corrected chi connectivity index (χ4v) is 10.0. The van der Waals surface area contributed by atoms with Crippen molar-refractivity contribution in [3.05, 3.63) is 161 Å². The van der Waals surface area contributed by atoms with Crippen LogP contribution in [0, 0.1) is 0 Å². The van der Waals surface area contributed by atoms with Crippen LogP contribution in [0.5, 0.6) is 0 Å². The molecule has 3 aromatic heterocycles. The van der Waals surface area contributed by atoms with Crippen LogP contribution in [0.15, 0.2) is 137 Å². The highest BCUT2D eigenvalue weighted by molar-refractivity contribution is 6.14. The van der Waals surface area contributed by atoms with Gasteiger partial charge in [-0.3, -0.25) is 9.98 Å². The molecule has 8 aromatic rings. The minimum absolute atomic E-state index is 0.171. The average molecular weight is 727 g/mol. The number of para-hydroxylation sites is 2. The van der Waals surface area contributed by atoms with Gasteiger partial charge in [0.25, 0.3) is 0 Å². The summed E-state index contributed by atoms with van der Waals surface area (Å²) >= 11 is 0. The van der Waals surface area contributed by atoms with Crippen LogP contribution in [0.4, 0.5) is 0 Å². The summed E-state index contributed by atoms with van der Waals surface area (Å²) in [5.74, 6) is 0.856. The molecule has 0 saturated heterocycles. The lowest BCUT2D eigenvalue weighted by molar-refractivity contribution is 0.586. The minimum Gasteiger partial charge on any atom is -0.348 e. The molecule has 1 atom stereocenters. The maximum absolute atomic E-state index is 5.39. The number of nitrogens with one attached hydrogen (secondary N) is 2. The molecule has 270 valence electrons. The smallest absolute Gasteiger partial charge is 0.133 e. The van der Waals surface area contributed by atoms with Gasteiger partial charge < -0.3 is 19.8 Å². The maximum Gasteiger partial charge on any atom is 0.133 e. The van der Waals surface area contributed by atoms with Crippen molar-refractivity contribution >= 4 is 67.2 Å². The van der Waals surface area contributed by atoms with E-state index >= 15 is 0 Å². The molecule has 0 saturated carbocycles. The van der Waals surface area contributed by atoms with Crippen LogP contribution >= 0.6 is 0 Å². The number of hydrogen-bond donors (Lipinski definition) is 2. The van der Waals surface area contributed by atoms with E-state index in [0.717, 1.165) is 45.1 Å². The number of benzene rings is 5. The lowest BCUT2D eigenvalue weighted by Gasteiger charge is -2.37. The molecule has 0 spiro atoms. The standard InChI is InChI=1S/C48H38N8/c1-47(2)34-14-8-12-30-32-20-28(16-18-38(32)55(42(30)34)40-23-49-25-51-44(40)47)36-22-37(54-46(53-36)27-10-6-5-7-11-27)29-17-19-39-33(21-29)31-13-9-15-35-43(31)56(39)41-24-50-26-52-45(41)48(35,3)4/h5-23,25-26,37H,24H2,1-4H3,(H,50,52)(H,53,54). The molecular formula is C48H38N8. The molecular weight excluding hydrogens is 689 g/mol. The predicted molar refractivity (Wildman–Crippen MR) is 228 cm³/mol. The molecule has 5 aromatic carbocycles. The van der Waals surface area contributed by atoms with E-state index in [9.17, 15) is 0 Å². The SMILES string of the molecule is CC1(C)C2=C(CN=CN2)n2c3ccc(C4C=C(c5ccc6c(c5)c5cccc7c5n6-c5cncnc5C7(C)C)NC(c5ccccc5)=N4)cc3c3cccc1c32. The molecule has 7 heterocycles. The quantitative estimate of drug-likeness (QED) is 0.190. The molecule has 0 fully saturated rings. The van der Waals surface area contributed by atoms with E-state index in [1.165, 1.54) is 60.6 Å². The van der Waals surface area contributed by atoms with Crippen LogP contribution in [0.1, 0.15) is 67.2 Å². The highest BCUT2D eigenvalue weighted by atomic mass is 15.1. The maximum atomic E-state index is 5.39. The fraction of sp³-hybridized carbons (Fsp3) is 0.167. The summed E-state index contributed by atoms with van der Waals surface area (Å²) in [6.07, 6.45) is 7.76. The van der Waals surface area contributed by atoms with Gasteiger partial charge in [0, 0.05) is 49.3 Å². The van der Waals surface area contributed by atoms with E-state index in [0.29, 0.717) is 6.54 Å². The van der Waals surface area contributed by atoms with Gasteiger partial charge in [-0.05, 0) is 66.4 Å². The number of fused-ring (bicyclic) bond motifs is 9. The summed E-state index contributed by atoms with van der Waals surface area (Å²) in [4.78, 5) is 19.3. The zero-order valence-corrected chi connectivity index (χ0v) is 31.6. The van der Waals surface area contributed by atoms with E-state index in [4.69, 9.17) is 9.98 Å². The van der Waals surface area contributed by atoms with Gasteiger partial charge in [-0.1, -0.05) is 92.7 Å². The van der Waals surface area contributed by atoms with Gasteiger partial charge in [0.2, 0.25) is 0 Å². The Morgan fingerprint density at radius 2 is 1.43 bits per heavy atom. The van der Waals surface area contributed by atoms with Crippen LogP contribution in [0.25, 0.3) is 60.7 Å². The number of rotatable bonds is 3. The third kappa shape index (κ3) is 4.08. The monoisotopic (exact) mass is 726 g/mol. The summed E-state index contributed by atoms with van der Waals surface area (Å²) in [6, 6.07) is 37.4. The second-order valence-electron chi connectivity index (χ2n) is 16.5. The van der Waals surface area contributed by atoms with Crippen LogP contribution in [-0.4, -0.2) is 37.8 Å². The molecule has 0 bridgehead atoms. The number of nitrogens with zero attached hydrogens (tertiary/aromatic N) is 6. The van der Waals surface area contributed by atoms with Crippen LogP contribution in [0.3, 0.4) is 0 Å². The van der Waals surface area contributed by atoms with Crippen molar-refractivity contribution in [3.63, 3.8) is 0 Å². The van der Waals surface area contributed by atoms with E-state index in [1.54, 1.807) is 6.33 Å². The van der Waals surface area contributed by atoms with Gasteiger partial charge in [0.15, 0.2) is 0 Å². The molecule has 0 radical (unpaired) electrons. The summed E-state index contributed by atoms with van der Waals surface area (Å²) in [5.41, 5.74) is 15.9. The van der Waals surface area contributed by atoms with Gasteiger partial charge in [0.1, 0.15) is 12.2 Å². The molecule has 4 aliphatic heterocycles. The fourth-order valence-electron chi connectivity index (χ4n) is 10.0. The second-order valence-corrected chi connectivity index (χ2v) is 16.5. The first kappa shape index (κ1) is 31.5. The van der Waals surface area contributed by atoms with Crippen molar-refractivity contribution in [1.29, 1.82) is 0 Å². The van der Waals surface area contributed by atoms with Gasteiger partial charge in [-0.2, -0.15) is 0 Å². The predicted octanol–water partition coefficient (Wildman–Crippen LogP) is 9.54. The first-order chi connectivity index (χ1) is 27.3. The van der Waals surface area contributed by atoms with E-state index in [2.05, 4.69) is 167 Å². The van der Waals surface area contributed by atoms with Crippen LogP contribution in [0.2, 0.25) is 0 Å². The first-order valence-electron chi connectivity index (χ1n) is 19.4. The largest absolute Gasteiger partial charge is 0.348 e. The highest BCUT2D eigenvalue weighted by Crippen LogP contribution is 2.49. The Hall–Kier alpha value is -6.80. The minimum atomic E-state index is -0.254. The van der Waals surface area contributed by atoms with Gasteiger partial charge >= 0.3 is 0 Å². The first-order valence-corrected chi connectivity index (χ1v) is 19.4. The number of aromatic nitrogens is 4. The van der Waals surface area contributed by atoms with Crippen LogP contribution in [-0.2, 0) is 10.8 Å². The topological polar surface area (TPSA) is 84.4 Å². The Balaban J connectivity index is 1.04. The molecule has 56 heavy (non-hydrogen) atoms. The summed E-state index contributed by atoms with van der Waals surface area (Å²) in [5, 5.41) is 12.2. The summed E-state index contributed by atoms with van der Waals surface area (Å²) in [6.45, 7) is 9.80. The third-order valence-electron chi connectivity index (χ3n) is 12.7. The second kappa shape index (κ2) is 10.9. The van der Waals surface area contributed by atoms with Gasteiger partial charge in [0.05, 0.1) is 64.3 Å². The van der Waals surface area contributed by atoms with Crippen molar-refractivity contribution in [1.82, 2.24) is 29.7 Å². The molecule has 0 aliphatic carbocycles. The van der Waals surface area contributed by atoms with Crippen molar-refractivity contribution in [2.45, 2.75) is 44.6 Å². The van der Waals surface area contributed by atoms with Crippen LogP contribution < -0.4 is 10.6 Å². The lowest BCUT2D eigenvalue weighted by atomic mass is 9.77. The average Bonchev–Trinajstić information content (AvgIpc) is 3.75. The molecule has 2 N–H and O–H groups in total. The Morgan fingerprint density at radius 1 is 0.696 bits per heavy atom. The molecule has 12 rings (SSSR count). The Bertz CT molecular complexity index is 3170. The van der Waals surface area contributed by atoms with Gasteiger partial charge in [-0.25, -0.2) is 9.97 Å². The van der Waals surface area contributed by atoms with Crippen molar-refractivity contribution < 1.29 is 0 Å². The molecule has 1 unspecified atom stereocenters. The molecule has 8 heteroatoms. The Morgan fingerprint density at radius 3 is 2.25 bits per heavy atom. The van der Waals surface area contributed by atoms with Crippen molar-refractivity contribution in [2.75, 3.05) is 6.54 Å². The van der Waals surface area contributed by atoms with Crippen molar-refractivity contribution in [2.24, 2.45) is 9.98 Å². The third-order valence-corrected chi connectivity index (χ3v) is 12.7. The number of amidine groups is 1. The lowest BCUT2D eigenvalue weighted by Crippen LogP contribution is -2.37. The number of aliphatic imine (C=N–C) groups is 2. The normalized spacial score (nSPS) is 18.8. The summed E-state index contributed by atoms with van der Waals surface area (Å²) in [7, 11) is 0. The number of hydrogen-bond acceptors (Lipinski definition) is 6.